The van der Waals surface area contributed by atoms with Crippen LogP contribution >= 0.6 is 47.0 Å². The Balaban J connectivity index is 1.31. The largest absolute Gasteiger partial charge is 0.378 e. The number of nitrogens with zero attached hydrogens (tertiary/aromatic N) is 4. The lowest BCUT2D eigenvalue weighted by molar-refractivity contribution is 1.13. The van der Waals surface area contributed by atoms with Crippen LogP contribution in [0.2, 0.25) is 0 Å². The normalized spacial score (nSPS) is 14.5. The van der Waals surface area contributed by atoms with Gasteiger partial charge in [0.2, 0.25) is 0 Å². The summed E-state index contributed by atoms with van der Waals surface area (Å²) in [7, 11) is 16.7. The molecule has 0 atom stereocenters. The molecule has 6 rings (SSSR count). The van der Waals surface area contributed by atoms with Crippen molar-refractivity contribution in [3.63, 3.8) is 0 Å². The molecule has 246 valence electrons. The minimum absolute atomic E-state index is 1.20. The highest BCUT2D eigenvalue weighted by atomic mass is 32.2. The van der Waals surface area contributed by atoms with Gasteiger partial charge >= 0.3 is 0 Å². The van der Waals surface area contributed by atoms with E-state index in [1.54, 1.807) is 0 Å². The number of thioether (sulfide) groups is 4. The summed E-state index contributed by atoms with van der Waals surface area (Å²) in [5.74, 6) is 0. The van der Waals surface area contributed by atoms with Crippen molar-refractivity contribution in [1.82, 2.24) is 0 Å². The molecule has 0 amide bonds. The van der Waals surface area contributed by atoms with Crippen molar-refractivity contribution >= 4 is 89.4 Å². The van der Waals surface area contributed by atoms with Crippen LogP contribution in [-0.2, 0) is 0 Å². The lowest BCUT2D eigenvalue weighted by Crippen LogP contribution is -2.08. The van der Waals surface area contributed by atoms with E-state index in [9.17, 15) is 0 Å². The van der Waals surface area contributed by atoms with E-state index in [1.165, 1.54) is 73.1 Å². The standard InChI is InChI=1S/C40H42N4S4/c1-41(2)31-17-9-27(10-18-31)37-38(28-11-19-32(20-12-28)42(3)4)46-35(45-37)25-26-36-47-39(29-13-21-33(22-14-29)43(5)6)40(48-36)30-15-23-34(24-16-30)44(7)8/h9-26H,1-8H3. The SMILES string of the molecule is CN(C)c1ccc(C2=C(c3ccc(N(C)C)cc3)SC(=CC=C3SC(c4ccc(N(C)C)cc4)=C(c4ccc(N(C)C)cc4)S3)S2)cc1. The number of hydrogen-bond donors (Lipinski definition) is 0. The Morgan fingerprint density at radius 3 is 0.667 bits per heavy atom. The Labute approximate surface area is 303 Å². The maximum Gasteiger partial charge on any atom is 0.0500 e. The lowest BCUT2D eigenvalue weighted by atomic mass is 10.1. The van der Waals surface area contributed by atoms with E-state index in [0.29, 0.717) is 0 Å². The maximum atomic E-state index is 2.31. The third-order valence-corrected chi connectivity index (χ3v) is 13.3. The van der Waals surface area contributed by atoms with Crippen LogP contribution < -0.4 is 19.6 Å². The van der Waals surface area contributed by atoms with Gasteiger partial charge in [0.15, 0.2) is 0 Å². The minimum Gasteiger partial charge on any atom is -0.378 e. The first kappa shape index (κ1) is 34.3. The van der Waals surface area contributed by atoms with E-state index in [4.69, 9.17) is 0 Å². The third-order valence-electron chi connectivity index (χ3n) is 8.16. The van der Waals surface area contributed by atoms with Crippen molar-refractivity contribution in [2.24, 2.45) is 0 Å². The summed E-state index contributed by atoms with van der Waals surface area (Å²) in [6.45, 7) is 0. The molecule has 4 aromatic rings. The molecule has 2 aliphatic rings. The first-order valence-corrected chi connectivity index (χ1v) is 19.1. The van der Waals surface area contributed by atoms with Crippen LogP contribution in [0.5, 0.6) is 0 Å². The summed E-state index contributed by atoms with van der Waals surface area (Å²) in [6.07, 6.45) is 4.62. The van der Waals surface area contributed by atoms with Gasteiger partial charge in [-0.15, -0.1) is 0 Å². The summed E-state index contributed by atoms with van der Waals surface area (Å²) in [6, 6.07) is 35.7. The fraction of sp³-hybridized carbons (Fsp3) is 0.200. The van der Waals surface area contributed by atoms with E-state index < -0.39 is 0 Å². The van der Waals surface area contributed by atoms with Gasteiger partial charge in [-0.25, -0.2) is 0 Å². The molecule has 0 bridgehead atoms. The van der Waals surface area contributed by atoms with E-state index in [-0.39, 0.29) is 0 Å². The molecule has 0 aliphatic carbocycles. The maximum absolute atomic E-state index is 2.31. The number of benzene rings is 4. The van der Waals surface area contributed by atoms with Gasteiger partial charge in [0.05, 0.1) is 8.47 Å². The first-order valence-electron chi connectivity index (χ1n) is 15.8. The second-order valence-corrected chi connectivity index (χ2v) is 17.2. The summed E-state index contributed by atoms with van der Waals surface area (Å²) in [5, 5.41) is 0. The Morgan fingerprint density at radius 2 is 0.500 bits per heavy atom. The highest BCUT2D eigenvalue weighted by Crippen LogP contribution is 2.60. The van der Waals surface area contributed by atoms with Gasteiger partial charge in [-0.3, -0.25) is 0 Å². The molecule has 0 saturated carbocycles. The van der Waals surface area contributed by atoms with Crippen molar-refractivity contribution in [3.05, 3.63) is 140 Å². The lowest BCUT2D eigenvalue weighted by Gasteiger charge is -2.14. The molecule has 2 heterocycles. The van der Waals surface area contributed by atoms with E-state index in [1.807, 2.05) is 47.0 Å². The van der Waals surface area contributed by atoms with Gasteiger partial charge in [-0.1, -0.05) is 95.6 Å². The average Bonchev–Trinajstić information content (AvgIpc) is 3.72. The zero-order chi connectivity index (χ0) is 33.9. The van der Waals surface area contributed by atoms with Crippen molar-refractivity contribution in [3.8, 4) is 0 Å². The fourth-order valence-corrected chi connectivity index (χ4v) is 10.3. The van der Waals surface area contributed by atoms with Gasteiger partial charge in [0.1, 0.15) is 0 Å². The van der Waals surface area contributed by atoms with E-state index in [2.05, 4.69) is 185 Å². The van der Waals surface area contributed by atoms with Crippen LogP contribution in [0.15, 0.2) is 118 Å². The van der Waals surface area contributed by atoms with E-state index >= 15 is 0 Å². The first-order chi connectivity index (χ1) is 23.1. The highest BCUT2D eigenvalue weighted by Gasteiger charge is 2.26. The Hall–Kier alpha value is -3.56. The molecule has 48 heavy (non-hydrogen) atoms. The van der Waals surface area contributed by atoms with Gasteiger partial charge in [-0.2, -0.15) is 0 Å². The second-order valence-electron chi connectivity index (χ2n) is 12.5. The monoisotopic (exact) mass is 706 g/mol. The summed E-state index contributed by atoms with van der Waals surface area (Å²) in [5.41, 5.74) is 9.81. The molecule has 0 aromatic heterocycles. The van der Waals surface area contributed by atoms with Crippen molar-refractivity contribution < 1.29 is 0 Å². The fourth-order valence-electron chi connectivity index (χ4n) is 5.31. The zero-order valence-electron chi connectivity index (χ0n) is 28.8. The Bertz CT molecular complexity index is 1610. The quantitative estimate of drug-likeness (QED) is 0.168. The molecule has 8 heteroatoms. The smallest absolute Gasteiger partial charge is 0.0500 e. The van der Waals surface area contributed by atoms with Crippen molar-refractivity contribution in [2.45, 2.75) is 0 Å². The molecule has 0 N–H and O–H groups in total. The molecular weight excluding hydrogens is 665 g/mol. The molecule has 0 spiro atoms. The molecule has 2 aliphatic heterocycles. The van der Waals surface area contributed by atoms with Crippen LogP contribution in [0.4, 0.5) is 22.7 Å². The Morgan fingerprint density at radius 1 is 0.312 bits per heavy atom. The summed E-state index contributed by atoms with van der Waals surface area (Å²) >= 11 is 7.49. The van der Waals surface area contributed by atoms with Gasteiger partial charge in [-0.05, 0) is 82.9 Å². The van der Waals surface area contributed by atoms with Crippen LogP contribution in [0.1, 0.15) is 22.3 Å². The predicted molar refractivity (Wildman–Crippen MR) is 223 cm³/mol. The van der Waals surface area contributed by atoms with E-state index in [0.717, 1.165) is 0 Å². The number of rotatable bonds is 9. The number of allylic oxidation sites excluding steroid dienone is 2. The Kier molecular flexibility index (Phi) is 10.7. The summed E-state index contributed by atoms with van der Waals surface area (Å²) < 4.78 is 2.56. The molecule has 0 unspecified atom stereocenters. The van der Waals surface area contributed by atoms with Crippen molar-refractivity contribution in [1.29, 1.82) is 0 Å². The van der Waals surface area contributed by atoms with Crippen LogP contribution in [0.25, 0.3) is 19.6 Å². The molecule has 0 radical (unpaired) electrons. The second kappa shape index (κ2) is 14.9. The van der Waals surface area contributed by atoms with Crippen LogP contribution in [0.3, 0.4) is 0 Å². The minimum atomic E-state index is 1.20. The van der Waals surface area contributed by atoms with Crippen molar-refractivity contribution in [2.75, 3.05) is 76.0 Å². The van der Waals surface area contributed by atoms with Crippen LogP contribution in [0, 0.1) is 0 Å². The summed E-state index contributed by atoms with van der Waals surface area (Å²) in [4.78, 5) is 13.8. The molecule has 0 saturated heterocycles. The molecule has 4 aromatic carbocycles. The average molecular weight is 707 g/mol. The predicted octanol–water partition coefficient (Wildman–Crippen LogP) is 10.9. The molecule has 0 fully saturated rings. The van der Waals surface area contributed by atoms with Gasteiger partial charge < -0.3 is 19.6 Å². The highest BCUT2D eigenvalue weighted by molar-refractivity contribution is 8.35. The topological polar surface area (TPSA) is 13.0 Å². The molecule has 4 nitrogen and oxygen atoms in total. The van der Waals surface area contributed by atoms with Crippen LogP contribution in [-0.4, -0.2) is 56.4 Å². The van der Waals surface area contributed by atoms with Gasteiger partial charge in [0, 0.05) is 98.8 Å². The molecular formula is C40H42N4S4. The number of anilines is 4. The third kappa shape index (κ3) is 7.68. The zero-order valence-corrected chi connectivity index (χ0v) is 32.1. The number of hydrogen-bond acceptors (Lipinski definition) is 8. The van der Waals surface area contributed by atoms with Gasteiger partial charge in [0.25, 0.3) is 0 Å².